The molecule has 0 radical (unpaired) electrons. The summed E-state index contributed by atoms with van der Waals surface area (Å²) in [4.78, 5) is 0. The number of ether oxygens (including phenoxy) is 1. The van der Waals surface area contributed by atoms with E-state index < -0.39 is 0 Å². The lowest BCUT2D eigenvalue weighted by molar-refractivity contribution is 0.311. The van der Waals surface area contributed by atoms with Crippen molar-refractivity contribution in [1.82, 2.24) is 0 Å². The van der Waals surface area contributed by atoms with E-state index in [4.69, 9.17) is 4.74 Å². The molecular weight excluding hydrogens is 268 g/mol. The Labute approximate surface area is 137 Å². The zero-order valence-corrected chi connectivity index (χ0v) is 14.9. The molecule has 0 unspecified atom stereocenters. The second kappa shape index (κ2) is 14.2. The maximum Gasteiger partial charge on any atom is 0.119 e. The average Bonchev–Trinajstić information content (AvgIpc) is 2.63. The van der Waals surface area contributed by atoms with Crippen LogP contribution >= 0.6 is 0 Å². The van der Waals surface area contributed by atoms with Crippen LogP contribution in [0.2, 0.25) is 0 Å². The first kappa shape index (κ1) is 20.2. The molecule has 2 aromatic carbocycles. The first-order valence-electron chi connectivity index (χ1n) is 8.64. The van der Waals surface area contributed by atoms with Gasteiger partial charge in [0, 0.05) is 0 Å². The van der Waals surface area contributed by atoms with Crippen LogP contribution in [0.5, 0.6) is 5.75 Å². The van der Waals surface area contributed by atoms with E-state index >= 15 is 0 Å². The van der Waals surface area contributed by atoms with Crippen molar-refractivity contribution in [3.8, 4) is 5.75 Å². The molecule has 0 saturated heterocycles. The Bertz CT molecular complexity index is 462. The molecule has 122 valence electrons. The van der Waals surface area contributed by atoms with Crippen molar-refractivity contribution in [2.24, 2.45) is 0 Å². The summed E-state index contributed by atoms with van der Waals surface area (Å²) in [7, 11) is 0. The van der Waals surface area contributed by atoms with Gasteiger partial charge in [-0.15, -0.1) is 0 Å². The zero-order chi connectivity index (χ0) is 16.6. The van der Waals surface area contributed by atoms with E-state index in [0.717, 1.165) is 31.6 Å². The van der Waals surface area contributed by atoms with Crippen LogP contribution in [0, 0.1) is 0 Å². The number of aryl methyl sites for hydroxylation is 2. The largest absolute Gasteiger partial charge is 0.494 e. The topological polar surface area (TPSA) is 9.23 Å². The molecule has 0 aromatic heterocycles. The minimum Gasteiger partial charge on any atom is -0.494 e. The molecule has 2 aromatic rings. The Morgan fingerprint density at radius 2 is 1.41 bits per heavy atom. The predicted octanol–water partition coefficient (Wildman–Crippen LogP) is 6.31. The maximum atomic E-state index is 5.68. The van der Waals surface area contributed by atoms with E-state index in [2.05, 4.69) is 31.2 Å². The van der Waals surface area contributed by atoms with Gasteiger partial charge in [-0.2, -0.15) is 0 Å². The molecule has 22 heavy (non-hydrogen) atoms. The van der Waals surface area contributed by atoms with Crippen molar-refractivity contribution in [3.63, 3.8) is 0 Å². The fraction of sp³-hybridized carbons (Fsp3) is 0.429. The molecule has 1 nitrogen and oxygen atoms in total. The Balaban J connectivity index is 0.00000102. The minimum absolute atomic E-state index is 0.778. The highest BCUT2D eigenvalue weighted by atomic mass is 16.5. The molecule has 0 heterocycles. The van der Waals surface area contributed by atoms with Gasteiger partial charge >= 0.3 is 0 Å². The molecular formula is C21H32O. The summed E-state index contributed by atoms with van der Waals surface area (Å²) in [5, 5.41) is 0. The van der Waals surface area contributed by atoms with E-state index in [9.17, 15) is 0 Å². The standard InChI is InChI=1S/C17H20O.2C2H6/c1-2-15-8-6-9-16(14-15)10-7-13-18-17-11-4-3-5-12-17;2*1-2/h3-6,8-9,11-12,14H,2,7,10,13H2,1H3;2*1-2H3. The van der Waals surface area contributed by atoms with Gasteiger partial charge in [0.15, 0.2) is 0 Å². The summed E-state index contributed by atoms with van der Waals surface area (Å²) in [5.74, 6) is 0.958. The summed E-state index contributed by atoms with van der Waals surface area (Å²) in [6, 6.07) is 18.8. The highest BCUT2D eigenvalue weighted by Crippen LogP contribution is 2.11. The quantitative estimate of drug-likeness (QED) is 0.568. The lowest BCUT2D eigenvalue weighted by Gasteiger charge is -2.06. The van der Waals surface area contributed by atoms with Gasteiger partial charge in [0.1, 0.15) is 5.75 Å². The first-order valence-corrected chi connectivity index (χ1v) is 8.64. The average molecular weight is 300 g/mol. The van der Waals surface area contributed by atoms with Crippen molar-refractivity contribution in [3.05, 3.63) is 65.7 Å². The van der Waals surface area contributed by atoms with Gasteiger partial charge in [0.2, 0.25) is 0 Å². The second-order valence-corrected chi connectivity index (χ2v) is 4.44. The number of para-hydroxylation sites is 1. The third kappa shape index (κ3) is 8.51. The molecule has 0 atom stereocenters. The molecule has 0 saturated carbocycles. The highest BCUT2D eigenvalue weighted by Gasteiger charge is 1.96. The smallest absolute Gasteiger partial charge is 0.119 e. The fourth-order valence-corrected chi connectivity index (χ4v) is 1.99. The zero-order valence-electron chi connectivity index (χ0n) is 14.9. The number of hydrogen-bond acceptors (Lipinski definition) is 1. The van der Waals surface area contributed by atoms with Crippen LogP contribution in [-0.4, -0.2) is 6.61 Å². The predicted molar refractivity (Wildman–Crippen MR) is 98.8 cm³/mol. The van der Waals surface area contributed by atoms with E-state index in [1.54, 1.807) is 0 Å². The Morgan fingerprint density at radius 1 is 0.773 bits per heavy atom. The molecule has 0 aliphatic rings. The Morgan fingerprint density at radius 3 is 2.05 bits per heavy atom. The molecule has 0 bridgehead atoms. The lowest BCUT2D eigenvalue weighted by atomic mass is 10.1. The Hall–Kier alpha value is -1.76. The van der Waals surface area contributed by atoms with Crippen molar-refractivity contribution >= 4 is 0 Å². The first-order chi connectivity index (χ1) is 10.9. The molecule has 1 heteroatoms. The van der Waals surface area contributed by atoms with Crippen molar-refractivity contribution in [1.29, 1.82) is 0 Å². The van der Waals surface area contributed by atoms with Gasteiger partial charge in [-0.3, -0.25) is 0 Å². The van der Waals surface area contributed by atoms with Crippen LogP contribution in [0.4, 0.5) is 0 Å². The number of rotatable bonds is 6. The van der Waals surface area contributed by atoms with Crippen LogP contribution in [0.15, 0.2) is 54.6 Å². The summed E-state index contributed by atoms with van der Waals surface area (Å²) < 4.78 is 5.68. The van der Waals surface area contributed by atoms with Crippen LogP contribution < -0.4 is 4.74 Å². The third-order valence-electron chi connectivity index (χ3n) is 3.02. The molecule has 2 rings (SSSR count). The summed E-state index contributed by atoms with van der Waals surface area (Å²) in [6.45, 7) is 11.0. The second-order valence-electron chi connectivity index (χ2n) is 4.44. The van der Waals surface area contributed by atoms with E-state index in [0.29, 0.717) is 0 Å². The van der Waals surface area contributed by atoms with E-state index in [1.165, 1.54) is 11.1 Å². The molecule has 0 N–H and O–H groups in total. The molecule has 0 aliphatic heterocycles. The van der Waals surface area contributed by atoms with Gasteiger partial charge in [-0.05, 0) is 42.5 Å². The highest BCUT2D eigenvalue weighted by molar-refractivity contribution is 5.23. The minimum atomic E-state index is 0.778. The molecule has 0 amide bonds. The molecule has 0 fully saturated rings. The van der Waals surface area contributed by atoms with Crippen LogP contribution in [-0.2, 0) is 12.8 Å². The van der Waals surface area contributed by atoms with Gasteiger partial charge in [0.05, 0.1) is 6.61 Å². The van der Waals surface area contributed by atoms with Crippen molar-refractivity contribution in [2.45, 2.75) is 53.9 Å². The number of benzene rings is 2. The summed E-state index contributed by atoms with van der Waals surface area (Å²) in [6.07, 6.45) is 3.25. The normalized spacial score (nSPS) is 8.95. The third-order valence-corrected chi connectivity index (χ3v) is 3.02. The molecule has 0 aliphatic carbocycles. The number of hydrogen-bond donors (Lipinski definition) is 0. The van der Waals surface area contributed by atoms with Gasteiger partial charge in [0.25, 0.3) is 0 Å². The van der Waals surface area contributed by atoms with Gasteiger partial charge in [-0.1, -0.05) is 77.1 Å². The van der Waals surface area contributed by atoms with Crippen molar-refractivity contribution < 1.29 is 4.74 Å². The van der Waals surface area contributed by atoms with E-state index in [-0.39, 0.29) is 0 Å². The van der Waals surface area contributed by atoms with Crippen LogP contribution in [0.1, 0.15) is 52.2 Å². The fourth-order valence-electron chi connectivity index (χ4n) is 1.99. The molecule has 0 spiro atoms. The van der Waals surface area contributed by atoms with Crippen LogP contribution in [0.25, 0.3) is 0 Å². The lowest BCUT2D eigenvalue weighted by Crippen LogP contribution is -1.99. The van der Waals surface area contributed by atoms with Gasteiger partial charge in [-0.25, -0.2) is 0 Å². The van der Waals surface area contributed by atoms with Crippen molar-refractivity contribution in [2.75, 3.05) is 6.61 Å². The summed E-state index contributed by atoms with van der Waals surface area (Å²) in [5.41, 5.74) is 2.82. The maximum absolute atomic E-state index is 5.68. The van der Waals surface area contributed by atoms with E-state index in [1.807, 2.05) is 58.0 Å². The SMILES string of the molecule is CC.CC.CCc1cccc(CCCOc2ccccc2)c1. The summed E-state index contributed by atoms with van der Waals surface area (Å²) >= 11 is 0. The Kier molecular flexibility index (Phi) is 13.1. The van der Waals surface area contributed by atoms with Crippen LogP contribution in [0.3, 0.4) is 0 Å². The monoisotopic (exact) mass is 300 g/mol. The van der Waals surface area contributed by atoms with Gasteiger partial charge < -0.3 is 4.74 Å².